The van der Waals surface area contributed by atoms with Crippen molar-refractivity contribution >= 4 is 43.1 Å². The van der Waals surface area contributed by atoms with E-state index in [1.807, 2.05) is 0 Å². The molecular formula is C38H41F3N8O3S. The molecule has 1 saturated carbocycles. The number of aliphatic hydroxyl groups excluding tert-OH is 1. The van der Waals surface area contributed by atoms with E-state index in [4.69, 9.17) is 25.2 Å². The molecule has 4 aliphatic heterocycles. The molecule has 15 heteroatoms. The average Bonchev–Trinajstić information content (AvgIpc) is 3.42. The number of ether oxygens (including phenoxy) is 2. The summed E-state index contributed by atoms with van der Waals surface area (Å²) in [7, 11) is 0. The first-order valence-electron chi connectivity index (χ1n) is 18.4. The van der Waals surface area contributed by atoms with Crippen molar-refractivity contribution in [1.29, 1.82) is 5.26 Å². The lowest BCUT2D eigenvalue weighted by Crippen LogP contribution is -2.55. The summed E-state index contributed by atoms with van der Waals surface area (Å²) in [6.45, 7) is 6.89. The summed E-state index contributed by atoms with van der Waals surface area (Å²) in [6, 6.07) is 2.32. The number of β-amino-alcohol motifs (C(OH)–C–C–N with tert-alkyl or cyclic N) is 1. The lowest BCUT2D eigenvalue weighted by Gasteiger charge is -2.42. The number of piperidine rings is 1. The van der Waals surface area contributed by atoms with Crippen molar-refractivity contribution in [3.8, 4) is 23.3 Å². The zero-order valence-electron chi connectivity index (χ0n) is 29.5. The molecule has 3 aromatic heterocycles. The fourth-order valence-electron chi connectivity index (χ4n) is 9.06. The summed E-state index contributed by atoms with van der Waals surface area (Å²) in [5.41, 5.74) is 8.55. The number of hydrogen-bond acceptors (Lipinski definition) is 12. The van der Waals surface area contributed by atoms with Crippen LogP contribution in [0.25, 0.3) is 32.2 Å². The van der Waals surface area contributed by atoms with Gasteiger partial charge >= 0.3 is 6.01 Å². The Bertz CT molecular complexity index is 2180. The summed E-state index contributed by atoms with van der Waals surface area (Å²) in [4.78, 5) is 21.2. The second kappa shape index (κ2) is 13.3. The molecule has 0 radical (unpaired) electrons. The molecule has 11 nitrogen and oxygen atoms in total. The maximum absolute atomic E-state index is 17.5. The first-order valence-corrected chi connectivity index (χ1v) is 19.2. The van der Waals surface area contributed by atoms with Gasteiger partial charge in [-0.3, -0.25) is 9.88 Å². The van der Waals surface area contributed by atoms with Crippen LogP contribution in [-0.2, 0) is 18.0 Å². The molecule has 2 unspecified atom stereocenters. The second-order valence-corrected chi connectivity index (χ2v) is 16.5. The molecule has 9 rings (SSSR count). The highest BCUT2D eigenvalue weighted by Gasteiger charge is 2.46. The van der Waals surface area contributed by atoms with Gasteiger partial charge in [0.2, 0.25) is 0 Å². The Balaban J connectivity index is 1.16. The number of aromatic nitrogens is 3. The molecule has 2 bridgehead atoms. The van der Waals surface area contributed by atoms with Crippen LogP contribution in [0.1, 0.15) is 62.1 Å². The molecule has 3 saturated heterocycles. The number of nitrogens with zero attached hydrogens (tertiary/aromatic N) is 7. The molecular weight excluding hydrogens is 706 g/mol. The highest BCUT2D eigenvalue weighted by atomic mass is 32.1. The number of aliphatic hydroxyl groups is 1. The molecule has 3 atom stereocenters. The molecule has 4 aromatic rings. The SMILES string of the molecule is C[C@@H](O)CN1CC2CCC(C1)N2c1nc(OCC2(CN3CCC(=CF)CC3)CC2)nc2c(F)c(-c3ncc(F)c4sc(N)c(C#N)c34)c3c(c12)COC3. The third-order valence-electron chi connectivity index (χ3n) is 11.8. The van der Waals surface area contributed by atoms with Gasteiger partial charge in [0, 0.05) is 67.7 Å². The molecule has 1 aromatic carbocycles. The summed E-state index contributed by atoms with van der Waals surface area (Å²) in [5.74, 6) is -0.708. The predicted molar refractivity (Wildman–Crippen MR) is 195 cm³/mol. The van der Waals surface area contributed by atoms with Gasteiger partial charge in [0.15, 0.2) is 11.6 Å². The molecule has 4 fully saturated rings. The summed E-state index contributed by atoms with van der Waals surface area (Å²) < 4.78 is 58.3. The number of benzene rings is 1. The summed E-state index contributed by atoms with van der Waals surface area (Å²) in [6.07, 6.45) is 6.56. The van der Waals surface area contributed by atoms with E-state index in [1.165, 1.54) is 0 Å². The van der Waals surface area contributed by atoms with E-state index in [0.29, 0.717) is 29.9 Å². The van der Waals surface area contributed by atoms with E-state index < -0.39 is 17.7 Å². The molecule has 3 N–H and O–H groups in total. The predicted octanol–water partition coefficient (Wildman–Crippen LogP) is 5.81. The van der Waals surface area contributed by atoms with Crippen LogP contribution >= 0.6 is 11.3 Å². The van der Waals surface area contributed by atoms with Gasteiger partial charge in [0.25, 0.3) is 0 Å². The maximum atomic E-state index is 17.5. The first kappa shape index (κ1) is 34.7. The average molecular weight is 747 g/mol. The van der Waals surface area contributed by atoms with Gasteiger partial charge in [-0.2, -0.15) is 15.2 Å². The number of halogens is 3. The highest BCUT2D eigenvalue weighted by Crippen LogP contribution is 2.50. The number of thiophene rings is 1. The van der Waals surface area contributed by atoms with Gasteiger partial charge in [0.05, 0.1) is 59.8 Å². The number of nitrogens with two attached hydrogens (primary N) is 1. The number of fused-ring (bicyclic) bond motifs is 6. The topological polar surface area (TPSA) is 137 Å². The number of likely N-dealkylation sites (tertiary alicyclic amines) is 2. The molecule has 0 amide bonds. The number of nitrogen functional groups attached to an aromatic ring is 1. The Hall–Kier alpha value is -4.07. The van der Waals surface area contributed by atoms with E-state index in [0.717, 1.165) is 106 Å². The highest BCUT2D eigenvalue weighted by molar-refractivity contribution is 7.23. The van der Waals surface area contributed by atoms with E-state index in [2.05, 4.69) is 25.8 Å². The van der Waals surface area contributed by atoms with Gasteiger partial charge < -0.3 is 30.1 Å². The molecule has 7 heterocycles. The van der Waals surface area contributed by atoms with E-state index in [-0.39, 0.29) is 74.1 Å². The molecule has 5 aliphatic rings. The van der Waals surface area contributed by atoms with Gasteiger partial charge in [-0.1, -0.05) is 0 Å². The Kier molecular flexibility index (Phi) is 8.73. The number of piperazine rings is 1. The van der Waals surface area contributed by atoms with Crippen molar-refractivity contribution in [2.75, 3.05) is 56.5 Å². The Morgan fingerprint density at radius 1 is 1.13 bits per heavy atom. The standard InChI is InChI=1S/C38H41F3N8O3S/c1-20(50)13-48-14-22-2-3-23(15-48)49(22)36-30-26-17-51-16-25(26)28(32-29-24(11-42)35(43)53-34(29)27(40)12-44-32)31(41)33(30)45-37(46-36)52-19-38(6-7-38)18-47-8-4-21(10-39)5-9-47/h10,12,20,22-23,50H,2-9,13-19,43H2,1H3/t20-,22?,23?/m1/s1. The van der Waals surface area contributed by atoms with E-state index in [1.54, 1.807) is 6.92 Å². The van der Waals surface area contributed by atoms with Crippen molar-refractivity contribution in [3.63, 3.8) is 0 Å². The largest absolute Gasteiger partial charge is 0.463 e. The Labute approximate surface area is 308 Å². The number of pyridine rings is 1. The zero-order valence-corrected chi connectivity index (χ0v) is 30.3. The Morgan fingerprint density at radius 2 is 1.87 bits per heavy atom. The van der Waals surface area contributed by atoms with Crippen molar-refractivity contribution in [1.82, 2.24) is 24.8 Å². The molecule has 53 heavy (non-hydrogen) atoms. The lowest BCUT2D eigenvalue weighted by molar-refractivity contribution is 0.111. The van der Waals surface area contributed by atoms with Crippen molar-refractivity contribution < 1.29 is 27.8 Å². The van der Waals surface area contributed by atoms with Crippen molar-refractivity contribution in [2.24, 2.45) is 5.41 Å². The van der Waals surface area contributed by atoms with Crippen LogP contribution in [0.3, 0.4) is 0 Å². The number of anilines is 2. The van der Waals surface area contributed by atoms with Gasteiger partial charge in [0.1, 0.15) is 22.4 Å². The van der Waals surface area contributed by atoms with Gasteiger partial charge in [-0.15, -0.1) is 11.3 Å². The third-order valence-corrected chi connectivity index (χ3v) is 12.8. The van der Waals surface area contributed by atoms with Crippen LogP contribution in [0.4, 0.5) is 24.0 Å². The zero-order chi connectivity index (χ0) is 36.6. The number of nitriles is 1. The number of hydrogen-bond donors (Lipinski definition) is 2. The fourth-order valence-corrected chi connectivity index (χ4v) is 9.98. The third kappa shape index (κ3) is 5.99. The minimum Gasteiger partial charge on any atom is -0.463 e. The molecule has 1 aliphatic carbocycles. The van der Waals surface area contributed by atoms with Gasteiger partial charge in [-0.25, -0.2) is 13.2 Å². The molecule has 278 valence electrons. The Morgan fingerprint density at radius 3 is 2.55 bits per heavy atom. The maximum Gasteiger partial charge on any atom is 0.319 e. The van der Waals surface area contributed by atoms with Crippen molar-refractivity contribution in [2.45, 2.75) is 76.9 Å². The quantitative estimate of drug-likeness (QED) is 0.215. The lowest BCUT2D eigenvalue weighted by atomic mass is 9.93. The van der Waals surface area contributed by atoms with E-state index >= 15 is 8.78 Å². The fraction of sp³-hybridized carbons (Fsp3) is 0.526. The summed E-state index contributed by atoms with van der Waals surface area (Å²) >= 11 is 0.936. The number of rotatable bonds is 9. The smallest absolute Gasteiger partial charge is 0.319 e. The normalized spacial score (nSPS) is 23.1. The monoisotopic (exact) mass is 746 g/mol. The van der Waals surface area contributed by atoms with Crippen LogP contribution in [-0.4, -0.2) is 93.9 Å². The van der Waals surface area contributed by atoms with Crippen LogP contribution in [0.15, 0.2) is 18.1 Å². The van der Waals surface area contributed by atoms with E-state index in [9.17, 15) is 14.8 Å². The van der Waals surface area contributed by atoms with Crippen molar-refractivity contribution in [3.05, 3.63) is 46.4 Å². The summed E-state index contributed by atoms with van der Waals surface area (Å²) in [5, 5.41) is 21.1. The second-order valence-electron chi connectivity index (χ2n) is 15.5. The molecule has 0 spiro atoms. The van der Waals surface area contributed by atoms with Crippen LogP contribution in [0.2, 0.25) is 0 Å². The van der Waals surface area contributed by atoms with Gasteiger partial charge in [-0.05, 0) is 62.1 Å². The van der Waals surface area contributed by atoms with Crippen LogP contribution in [0.5, 0.6) is 6.01 Å². The minimum atomic E-state index is -0.668. The van der Waals surface area contributed by atoms with Crippen LogP contribution in [0, 0.1) is 28.4 Å². The van der Waals surface area contributed by atoms with Crippen LogP contribution < -0.4 is 15.4 Å². The minimum absolute atomic E-state index is 0.0542. The first-order chi connectivity index (χ1) is 25.7.